The molecule has 1 aromatic heterocycles. The van der Waals surface area contributed by atoms with Gasteiger partial charge in [0, 0.05) is 6.42 Å². The molecule has 2 amide bonds. The van der Waals surface area contributed by atoms with Crippen molar-refractivity contribution in [1.29, 1.82) is 0 Å². The number of anilines is 1. The first-order valence-electron chi connectivity index (χ1n) is 10.4. The Morgan fingerprint density at radius 2 is 2.00 bits per heavy atom. The first-order valence-corrected chi connectivity index (χ1v) is 10.4. The van der Waals surface area contributed by atoms with Gasteiger partial charge in [-0.05, 0) is 48.9 Å². The Morgan fingerprint density at radius 1 is 1.19 bits per heavy atom. The van der Waals surface area contributed by atoms with E-state index in [9.17, 15) is 14.0 Å². The fourth-order valence-corrected chi connectivity index (χ4v) is 4.40. The second kappa shape index (κ2) is 7.61. The average molecular weight is 419 g/mol. The SMILES string of the molecule is Cc1cc(F)c2c(c1)CC[C@H](NC(=O)c1nc3n(n1)[C@@H](c1ccccc1)CC3)C(=O)N2. The number of carbonyl (C=O) groups is 2. The van der Waals surface area contributed by atoms with Gasteiger partial charge in [-0.3, -0.25) is 9.59 Å². The molecule has 0 unspecified atom stereocenters. The molecule has 0 fully saturated rings. The number of rotatable bonds is 3. The van der Waals surface area contributed by atoms with Crippen molar-refractivity contribution < 1.29 is 14.0 Å². The van der Waals surface area contributed by atoms with E-state index in [4.69, 9.17) is 0 Å². The van der Waals surface area contributed by atoms with Crippen molar-refractivity contribution >= 4 is 17.5 Å². The third kappa shape index (κ3) is 3.58. The molecule has 3 aromatic rings. The molecular formula is C23H22FN5O2. The molecule has 2 N–H and O–H groups in total. The van der Waals surface area contributed by atoms with Crippen molar-refractivity contribution in [1.82, 2.24) is 20.1 Å². The van der Waals surface area contributed by atoms with E-state index in [0.717, 1.165) is 35.4 Å². The molecule has 2 aliphatic rings. The van der Waals surface area contributed by atoms with Crippen molar-refractivity contribution in [2.75, 3.05) is 5.32 Å². The summed E-state index contributed by atoms with van der Waals surface area (Å²) in [6.07, 6.45) is 2.46. The van der Waals surface area contributed by atoms with E-state index in [1.165, 1.54) is 6.07 Å². The van der Waals surface area contributed by atoms with E-state index in [0.29, 0.717) is 12.8 Å². The lowest BCUT2D eigenvalue weighted by Crippen LogP contribution is -2.43. The molecule has 0 aliphatic carbocycles. The largest absolute Gasteiger partial charge is 0.337 e. The Morgan fingerprint density at radius 3 is 2.81 bits per heavy atom. The summed E-state index contributed by atoms with van der Waals surface area (Å²) in [5.41, 5.74) is 2.83. The van der Waals surface area contributed by atoms with E-state index in [2.05, 4.69) is 20.7 Å². The minimum absolute atomic E-state index is 0.0483. The topological polar surface area (TPSA) is 88.9 Å². The van der Waals surface area contributed by atoms with Gasteiger partial charge in [0.05, 0.1) is 11.7 Å². The zero-order valence-electron chi connectivity index (χ0n) is 17.1. The van der Waals surface area contributed by atoms with Crippen LogP contribution in [-0.2, 0) is 17.6 Å². The molecule has 31 heavy (non-hydrogen) atoms. The number of aromatic nitrogens is 3. The van der Waals surface area contributed by atoms with E-state index in [-0.39, 0.29) is 17.6 Å². The maximum absolute atomic E-state index is 14.3. The number of hydrogen-bond acceptors (Lipinski definition) is 4. The number of nitrogens with zero attached hydrogens (tertiary/aromatic N) is 3. The third-order valence-corrected chi connectivity index (χ3v) is 5.91. The second-order valence-corrected chi connectivity index (χ2v) is 8.10. The Kier molecular flexibility index (Phi) is 4.77. The predicted octanol–water partition coefficient (Wildman–Crippen LogP) is 2.94. The highest BCUT2D eigenvalue weighted by molar-refractivity contribution is 6.00. The molecule has 2 aromatic carbocycles. The zero-order valence-corrected chi connectivity index (χ0v) is 17.1. The molecule has 0 saturated heterocycles. The van der Waals surface area contributed by atoms with Gasteiger partial charge in [-0.1, -0.05) is 36.4 Å². The van der Waals surface area contributed by atoms with Crippen molar-refractivity contribution in [3.63, 3.8) is 0 Å². The van der Waals surface area contributed by atoms with Crippen LogP contribution in [0.2, 0.25) is 0 Å². The van der Waals surface area contributed by atoms with Crippen LogP contribution < -0.4 is 10.6 Å². The lowest BCUT2D eigenvalue weighted by Gasteiger charge is -2.14. The quantitative estimate of drug-likeness (QED) is 0.683. The van der Waals surface area contributed by atoms with Crippen LogP contribution in [0.15, 0.2) is 42.5 Å². The van der Waals surface area contributed by atoms with Gasteiger partial charge in [0.1, 0.15) is 17.7 Å². The maximum Gasteiger partial charge on any atom is 0.291 e. The van der Waals surface area contributed by atoms with Crippen molar-refractivity contribution in [3.8, 4) is 0 Å². The van der Waals surface area contributed by atoms with Crippen LogP contribution in [0, 0.1) is 12.7 Å². The van der Waals surface area contributed by atoms with Crippen LogP contribution in [0.25, 0.3) is 0 Å². The summed E-state index contributed by atoms with van der Waals surface area (Å²) in [6.45, 7) is 1.81. The number of benzene rings is 2. The van der Waals surface area contributed by atoms with Crippen molar-refractivity contribution in [2.24, 2.45) is 0 Å². The van der Waals surface area contributed by atoms with Crippen molar-refractivity contribution in [2.45, 2.75) is 44.7 Å². The van der Waals surface area contributed by atoms with Gasteiger partial charge in [-0.15, -0.1) is 5.10 Å². The van der Waals surface area contributed by atoms with Gasteiger partial charge >= 0.3 is 0 Å². The number of fused-ring (bicyclic) bond motifs is 2. The minimum Gasteiger partial charge on any atom is -0.337 e. The van der Waals surface area contributed by atoms with Crippen LogP contribution in [0.1, 0.15) is 52.0 Å². The Hall–Kier alpha value is -3.55. The van der Waals surface area contributed by atoms with Crippen LogP contribution in [0.5, 0.6) is 0 Å². The van der Waals surface area contributed by atoms with Gasteiger partial charge in [0.15, 0.2) is 0 Å². The van der Waals surface area contributed by atoms with Gasteiger partial charge in [-0.2, -0.15) is 0 Å². The summed E-state index contributed by atoms with van der Waals surface area (Å²) in [7, 11) is 0. The van der Waals surface area contributed by atoms with Crippen LogP contribution in [0.3, 0.4) is 0 Å². The first kappa shape index (κ1) is 19.4. The van der Waals surface area contributed by atoms with E-state index >= 15 is 0 Å². The van der Waals surface area contributed by atoms with Gasteiger partial charge in [-0.25, -0.2) is 14.1 Å². The highest BCUT2D eigenvalue weighted by atomic mass is 19.1. The van der Waals surface area contributed by atoms with Crippen LogP contribution in [0.4, 0.5) is 10.1 Å². The number of hydrogen-bond donors (Lipinski definition) is 2. The standard InChI is InChI=1S/C23H22FN5O2/c1-13-11-15-7-8-17(22(30)27-20(15)16(24)12-13)25-23(31)21-26-19-10-9-18(29(19)28-21)14-5-3-2-4-6-14/h2-6,11-12,17-18H,7-10H2,1H3,(H,25,31)(H,27,30)/t17-,18+/m0/s1. The van der Waals surface area contributed by atoms with Crippen molar-refractivity contribution in [3.05, 3.63) is 76.6 Å². The molecular weight excluding hydrogens is 397 g/mol. The molecule has 5 rings (SSSR count). The number of carbonyl (C=O) groups excluding carboxylic acids is 2. The Labute approximate surface area is 178 Å². The van der Waals surface area contributed by atoms with Crippen LogP contribution in [-0.4, -0.2) is 32.6 Å². The smallest absolute Gasteiger partial charge is 0.291 e. The van der Waals surface area contributed by atoms with E-state index in [1.54, 1.807) is 4.68 Å². The Balaban J connectivity index is 1.32. The van der Waals surface area contributed by atoms with E-state index in [1.807, 2.05) is 43.3 Å². The van der Waals surface area contributed by atoms with Gasteiger partial charge < -0.3 is 10.6 Å². The third-order valence-electron chi connectivity index (χ3n) is 5.91. The Bertz CT molecular complexity index is 1170. The highest BCUT2D eigenvalue weighted by Crippen LogP contribution is 2.30. The summed E-state index contributed by atoms with van der Waals surface area (Å²) in [4.78, 5) is 29.8. The summed E-state index contributed by atoms with van der Waals surface area (Å²) in [5.74, 6) is -0.601. The van der Waals surface area contributed by atoms with Gasteiger partial charge in [0.2, 0.25) is 11.7 Å². The lowest BCUT2D eigenvalue weighted by atomic mass is 10.0. The number of amides is 2. The molecule has 2 aliphatic heterocycles. The minimum atomic E-state index is -0.789. The van der Waals surface area contributed by atoms with Crippen LogP contribution >= 0.6 is 0 Å². The fourth-order valence-electron chi connectivity index (χ4n) is 4.40. The monoisotopic (exact) mass is 419 g/mol. The summed E-state index contributed by atoms with van der Waals surface area (Å²) >= 11 is 0. The summed E-state index contributed by atoms with van der Waals surface area (Å²) < 4.78 is 16.1. The molecule has 0 radical (unpaired) electrons. The predicted molar refractivity (Wildman–Crippen MR) is 112 cm³/mol. The summed E-state index contributed by atoms with van der Waals surface area (Å²) in [5, 5.41) is 9.77. The molecule has 3 heterocycles. The summed E-state index contributed by atoms with van der Waals surface area (Å²) in [6, 6.07) is 12.5. The maximum atomic E-state index is 14.3. The molecule has 0 spiro atoms. The first-order chi connectivity index (χ1) is 15.0. The van der Waals surface area contributed by atoms with Gasteiger partial charge in [0.25, 0.3) is 5.91 Å². The molecule has 8 heteroatoms. The molecule has 158 valence electrons. The highest BCUT2D eigenvalue weighted by Gasteiger charge is 2.31. The molecule has 2 atom stereocenters. The number of nitrogens with one attached hydrogen (secondary N) is 2. The average Bonchev–Trinajstić information content (AvgIpc) is 3.30. The number of halogens is 1. The fraction of sp³-hybridized carbons (Fsp3) is 0.304. The normalized spacial score (nSPS) is 19.9. The molecule has 0 bridgehead atoms. The zero-order chi connectivity index (χ0) is 21.5. The molecule has 7 nitrogen and oxygen atoms in total. The number of aryl methyl sites for hydroxylation is 3. The second-order valence-electron chi connectivity index (χ2n) is 8.10. The van der Waals surface area contributed by atoms with E-state index < -0.39 is 23.7 Å². The molecule has 0 saturated carbocycles. The lowest BCUT2D eigenvalue weighted by molar-refractivity contribution is -0.118.